The molecule has 2 aromatic carbocycles. The van der Waals surface area contributed by atoms with Gasteiger partial charge in [0.05, 0.1) is 0 Å². The lowest BCUT2D eigenvalue weighted by Crippen LogP contribution is -2.23. The number of aryl methyl sites for hydroxylation is 3. The van der Waals surface area contributed by atoms with Crippen molar-refractivity contribution in [1.82, 2.24) is 15.5 Å². The third kappa shape index (κ3) is 4.32. The largest absolute Gasteiger partial charge is 0.352 e. The van der Waals surface area contributed by atoms with Crippen LogP contribution in [0.1, 0.15) is 29.0 Å². The lowest BCUT2D eigenvalue weighted by molar-refractivity contribution is -0.121. The Morgan fingerprint density at radius 3 is 2.52 bits per heavy atom. The first kappa shape index (κ1) is 16.9. The van der Waals surface area contributed by atoms with Gasteiger partial charge in [-0.3, -0.25) is 4.79 Å². The number of aromatic nitrogens is 2. The summed E-state index contributed by atoms with van der Waals surface area (Å²) in [4.78, 5) is 16.4. The summed E-state index contributed by atoms with van der Waals surface area (Å²) in [6.45, 7) is 4.57. The van der Waals surface area contributed by atoms with E-state index in [0.29, 0.717) is 31.1 Å². The second-order valence-corrected chi connectivity index (χ2v) is 6.03. The maximum absolute atomic E-state index is 12.0. The summed E-state index contributed by atoms with van der Waals surface area (Å²) < 4.78 is 5.27. The molecule has 0 aliphatic heterocycles. The minimum absolute atomic E-state index is 0.0288. The smallest absolute Gasteiger partial charge is 0.227 e. The van der Waals surface area contributed by atoms with Crippen molar-refractivity contribution < 1.29 is 9.32 Å². The Hall–Kier alpha value is -2.95. The van der Waals surface area contributed by atoms with Gasteiger partial charge >= 0.3 is 0 Å². The highest BCUT2D eigenvalue weighted by atomic mass is 16.5. The molecule has 25 heavy (non-hydrogen) atoms. The molecule has 5 heteroatoms. The van der Waals surface area contributed by atoms with Gasteiger partial charge in [0.2, 0.25) is 17.6 Å². The first-order valence-electron chi connectivity index (χ1n) is 8.33. The molecule has 1 heterocycles. The molecule has 0 fully saturated rings. The summed E-state index contributed by atoms with van der Waals surface area (Å²) in [5, 5.41) is 6.94. The molecule has 0 bridgehead atoms. The van der Waals surface area contributed by atoms with Crippen molar-refractivity contribution in [1.29, 1.82) is 0 Å². The van der Waals surface area contributed by atoms with E-state index >= 15 is 0 Å². The van der Waals surface area contributed by atoms with Crippen LogP contribution in [0.5, 0.6) is 0 Å². The average molecular weight is 335 g/mol. The van der Waals surface area contributed by atoms with Crippen LogP contribution in [0, 0.1) is 13.8 Å². The highest BCUT2D eigenvalue weighted by Crippen LogP contribution is 2.20. The van der Waals surface area contributed by atoms with Gasteiger partial charge < -0.3 is 9.84 Å². The van der Waals surface area contributed by atoms with Crippen molar-refractivity contribution in [2.24, 2.45) is 0 Å². The van der Waals surface area contributed by atoms with Gasteiger partial charge in [0.25, 0.3) is 0 Å². The Labute approximate surface area is 147 Å². The van der Waals surface area contributed by atoms with Crippen molar-refractivity contribution in [2.45, 2.75) is 33.2 Å². The van der Waals surface area contributed by atoms with E-state index in [-0.39, 0.29) is 5.91 Å². The van der Waals surface area contributed by atoms with Crippen molar-refractivity contribution in [3.63, 3.8) is 0 Å². The maximum atomic E-state index is 12.0. The molecule has 0 saturated heterocycles. The SMILES string of the molecule is Cc1ccccc1CNC(=O)CCc1nc(-c2ccccc2C)no1. The molecule has 128 valence electrons. The molecule has 0 aliphatic carbocycles. The summed E-state index contributed by atoms with van der Waals surface area (Å²) in [6.07, 6.45) is 0.750. The Morgan fingerprint density at radius 1 is 1.04 bits per heavy atom. The molecule has 1 amide bonds. The number of hydrogen-bond acceptors (Lipinski definition) is 4. The van der Waals surface area contributed by atoms with Gasteiger partial charge in [-0.25, -0.2) is 0 Å². The third-order valence-electron chi connectivity index (χ3n) is 4.16. The molecule has 0 radical (unpaired) electrons. The van der Waals surface area contributed by atoms with Gasteiger partial charge in [0.1, 0.15) is 0 Å². The topological polar surface area (TPSA) is 68.0 Å². The molecule has 3 rings (SSSR count). The van der Waals surface area contributed by atoms with Crippen molar-refractivity contribution in [3.05, 3.63) is 71.1 Å². The van der Waals surface area contributed by atoms with E-state index in [1.807, 2.05) is 62.4 Å². The van der Waals surface area contributed by atoms with Gasteiger partial charge in [-0.1, -0.05) is 53.7 Å². The highest BCUT2D eigenvalue weighted by Gasteiger charge is 2.12. The Kier molecular flexibility index (Phi) is 5.23. The van der Waals surface area contributed by atoms with Crippen LogP contribution in [0.25, 0.3) is 11.4 Å². The molecule has 0 aliphatic rings. The van der Waals surface area contributed by atoms with E-state index in [2.05, 4.69) is 15.5 Å². The van der Waals surface area contributed by atoms with Crippen LogP contribution in [0.15, 0.2) is 53.1 Å². The molecule has 1 N–H and O–H groups in total. The molecule has 0 saturated carbocycles. The van der Waals surface area contributed by atoms with E-state index < -0.39 is 0 Å². The Balaban J connectivity index is 1.53. The molecule has 5 nitrogen and oxygen atoms in total. The van der Waals surface area contributed by atoms with Crippen LogP contribution >= 0.6 is 0 Å². The second kappa shape index (κ2) is 7.75. The van der Waals surface area contributed by atoms with Crippen molar-refractivity contribution in [3.8, 4) is 11.4 Å². The van der Waals surface area contributed by atoms with Crippen LogP contribution in [0.4, 0.5) is 0 Å². The fourth-order valence-electron chi connectivity index (χ4n) is 2.60. The van der Waals surface area contributed by atoms with Crippen LogP contribution in [0.2, 0.25) is 0 Å². The fourth-order valence-corrected chi connectivity index (χ4v) is 2.60. The predicted octanol–water partition coefficient (Wildman–Crippen LogP) is 3.60. The fraction of sp³-hybridized carbons (Fsp3) is 0.250. The number of carbonyl (C=O) groups is 1. The van der Waals surface area contributed by atoms with E-state index in [1.165, 1.54) is 5.56 Å². The maximum Gasteiger partial charge on any atom is 0.227 e. The number of nitrogens with one attached hydrogen (secondary N) is 1. The van der Waals surface area contributed by atoms with Crippen LogP contribution in [-0.2, 0) is 17.8 Å². The average Bonchev–Trinajstić information content (AvgIpc) is 3.08. The lowest BCUT2D eigenvalue weighted by Gasteiger charge is -2.07. The van der Waals surface area contributed by atoms with Gasteiger partial charge in [-0.2, -0.15) is 4.98 Å². The quantitative estimate of drug-likeness (QED) is 0.747. The molecule has 0 spiro atoms. The number of nitrogens with zero attached hydrogens (tertiary/aromatic N) is 2. The molecule has 3 aromatic rings. The molecule has 0 unspecified atom stereocenters. The molecular formula is C20H21N3O2. The van der Waals surface area contributed by atoms with Gasteiger partial charge in [-0.05, 0) is 30.5 Å². The second-order valence-electron chi connectivity index (χ2n) is 6.03. The van der Waals surface area contributed by atoms with Crippen LogP contribution < -0.4 is 5.32 Å². The monoisotopic (exact) mass is 335 g/mol. The van der Waals surface area contributed by atoms with E-state index in [0.717, 1.165) is 16.7 Å². The number of benzene rings is 2. The first-order chi connectivity index (χ1) is 12.1. The van der Waals surface area contributed by atoms with Crippen LogP contribution in [-0.4, -0.2) is 16.0 Å². The lowest BCUT2D eigenvalue weighted by atomic mass is 10.1. The van der Waals surface area contributed by atoms with Crippen LogP contribution in [0.3, 0.4) is 0 Å². The summed E-state index contributed by atoms with van der Waals surface area (Å²) in [7, 11) is 0. The molecule has 1 aromatic heterocycles. The number of rotatable bonds is 6. The zero-order valence-electron chi connectivity index (χ0n) is 14.5. The first-order valence-corrected chi connectivity index (χ1v) is 8.33. The van der Waals surface area contributed by atoms with Gasteiger partial charge in [0, 0.05) is 24.9 Å². The van der Waals surface area contributed by atoms with Crippen molar-refractivity contribution in [2.75, 3.05) is 0 Å². The summed E-state index contributed by atoms with van der Waals surface area (Å²) in [6, 6.07) is 15.9. The number of carbonyl (C=O) groups excluding carboxylic acids is 1. The van der Waals surface area contributed by atoms with E-state index in [4.69, 9.17) is 4.52 Å². The highest BCUT2D eigenvalue weighted by molar-refractivity contribution is 5.76. The number of hydrogen-bond donors (Lipinski definition) is 1. The minimum Gasteiger partial charge on any atom is -0.352 e. The third-order valence-corrected chi connectivity index (χ3v) is 4.16. The minimum atomic E-state index is -0.0288. The van der Waals surface area contributed by atoms with Crippen molar-refractivity contribution >= 4 is 5.91 Å². The summed E-state index contributed by atoms with van der Waals surface area (Å²) >= 11 is 0. The molecule has 0 atom stereocenters. The zero-order valence-corrected chi connectivity index (χ0v) is 14.5. The van der Waals surface area contributed by atoms with E-state index in [1.54, 1.807) is 0 Å². The zero-order chi connectivity index (χ0) is 17.6. The normalized spacial score (nSPS) is 10.6. The summed E-state index contributed by atoms with van der Waals surface area (Å²) in [5.74, 6) is 1.01. The molecular weight excluding hydrogens is 314 g/mol. The Bertz CT molecular complexity index is 871. The predicted molar refractivity (Wildman–Crippen MR) is 95.8 cm³/mol. The standard InChI is InChI=1S/C20H21N3O2/c1-14-7-3-5-9-16(14)13-21-18(24)11-12-19-22-20(23-25-19)17-10-6-4-8-15(17)2/h3-10H,11-13H2,1-2H3,(H,21,24). The van der Waals surface area contributed by atoms with Gasteiger partial charge in [0.15, 0.2) is 0 Å². The Morgan fingerprint density at radius 2 is 1.76 bits per heavy atom. The van der Waals surface area contributed by atoms with Gasteiger partial charge in [-0.15, -0.1) is 0 Å². The summed E-state index contributed by atoms with van der Waals surface area (Å²) in [5.41, 5.74) is 4.32. The van der Waals surface area contributed by atoms with E-state index in [9.17, 15) is 4.79 Å². The number of amides is 1.